The third kappa shape index (κ3) is 2.50. The van der Waals surface area contributed by atoms with Gasteiger partial charge >= 0.3 is 5.97 Å². The number of hydrogen-bond acceptors (Lipinski definition) is 2. The molecule has 1 heterocycles. The lowest BCUT2D eigenvalue weighted by atomic mass is 10.1. The lowest BCUT2D eigenvalue weighted by Crippen LogP contribution is -2.07. The van der Waals surface area contributed by atoms with Crippen LogP contribution in [0.5, 0.6) is 0 Å². The lowest BCUT2D eigenvalue weighted by Gasteiger charge is -2.06. The van der Waals surface area contributed by atoms with Crippen LogP contribution in [0.15, 0.2) is 54.6 Å². The average molecular weight is 293 g/mol. The Kier molecular flexibility index (Phi) is 3.96. The van der Waals surface area contributed by atoms with Crippen molar-refractivity contribution in [2.45, 2.75) is 27.0 Å². The molecule has 112 valence electrons. The minimum atomic E-state index is -0.259. The van der Waals surface area contributed by atoms with Gasteiger partial charge < -0.3 is 9.30 Å². The van der Waals surface area contributed by atoms with Crippen molar-refractivity contribution in [3.05, 3.63) is 71.4 Å². The normalized spacial score (nSPS) is 10.8. The van der Waals surface area contributed by atoms with E-state index in [1.54, 1.807) is 0 Å². The Morgan fingerprint density at radius 2 is 1.73 bits per heavy atom. The van der Waals surface area contributed by atoms with Gasteiger partial charge in [-0.1, -0.05) is 48.5 Å². The second kappa shape index (κ2) is 6.06. The number of rotatable bonds is 4. The molecule has 0 saturated heterocycles. The molecule has 22 heavy (non-hydrogen) atoms. The van der Waals surface area contributed by atoms with Crippen molar-refractivity contribution in [3.8, 4) is 0 Å². The molecule has 0 amide bonds. The van der Waals surface area contributed by atoms with Gasteiger partial charge in [0.05, 0.1) is 5.56 Å². The zero-order chi connectivity index (χ0) is 15.5. The number of carbonyl (C=O) groups excluding carboxylic acids is 1. The molecular formula is C19H19NO2. The molecule has 0 unspecified atom stereocenters. The molecule has 0 spiro atoms. The van der Waals surface area contributed by atoms with E-state index in [9.17, 15) is 4.79 Å². The molecule has 3 nitrogen and oxygen atoms in total. The van der Waals surface area contributed by atoms with Gasteiger partial charge in [-0.2, -0.15) is 0 Å². The molecule has 0 radical (unpaired) electrons. The summed E-state index contributed by atoms with van der Waals surface area (Å²) >= 11 is 0. The molecule has 0 bridgehead atoms. The predicted molar refractivity (Wildman–Crippen MR) is 87.9 cm³/mol. The SMILES string of the molecule is CCn1c(C)c(C(=O)OCc2ccccc2)c2ccccc21. The van der Waals surface area contributed by atoms with E-state index < -0.39 is 0 Å². The summed E-state index contributed by atoms with van der Waals surface area (Å²) in [7, 11) is 0. The summed E-state index contributed by atoms with van der Waals surface area (Å²) in [6, 6.07) is 17.7. The van der Waals surface area contributed by atoms with E-state index >= 15 is 0 Å². The number of carbonyl (C=O) groups is 1. The van der Waals surface area contributed by atoms with Gasteiger partial charge in [-0.05, 0) is 25.5 Å². The number of fused-ring (bicyclic) bond motifs is 1. The second-order valence-corrected chi connectivity index (χ2v) is 5.28. The van der Waals surface area contributed by atoms with E-state index in [1.807, 2.05) is 61.5 Å². The number of nitrogens with zero attached hydrogens (tertiary/aromatic N) is 1. The molecule has 0 aliphatic heterocycles. The lowest BCUT2D eigenvalue weighted by molar-refractivity contribution is 0.0474. The fraction of sp³-hybridized carbons (Fsp3) is 0.211. The molecule has 0 atom stereocenters. The highest BCUT2D eigenvalue weighted by Gasteiger charge is 2.20. The number of aryl methyl sites for hydroxylation is 1. The van der Waals surface area contributed by atoms with Crippen LogP contribution in [0.1, 0.15) is 28.5 Å². The topological polar surface area (TPSA) is 31.2 Å². The Balaban J connectivity index is 1.92. The van der Waals surface area contributed by atoms with Crippen molar-refractivity contribution in [3.63, 3.8) is 0 Å². The van der Waals surface area contributed by atoms with Crippen LogP contribution in [0.25, 0.3) is 10.9 Å². The molecule has 2 aromatic carbocycles. The third-order valence-corrected chi connectivity index (χ3v) is 3.96. The average Bonchev–Trinajstić information content (AvgIpc) is 2.85. The minimum Gasteiger partial charge on any atom is -0.457 e. The Bertz CT molecular complexity index is 803. The monoisotopic (exact) mass is 293 g/mol. The van der Waals surface area contributed by atoms with E-state index in [1.165, 1.54) is 0 Å². The van der Waals surface area contributed by atoms with Gasteiger partial charge in [0.25, 0.3) is 0 Å². The van der Waals surface area contributed by atoms with Crippen molar-refractivity contribution in [1.82, 2.24) is 4.57 Å². The zero-order valence-corrected chi connectivity index (χ0v) is 12.9. The third-order valence-electron chi connectivity index (χ3n) is 3.96. The summed E-state index contributed by atoms with van der Waals surface area (Å²) in [5.41, 5.74) is 3.71. The molecule has 0 saturated carbocycles. The molecule has 0 aliphatic rings. The standard InChI is InChI=1S/C19H19NO2/c1-3-20-14(2)18(16-11-7-8-12-17(16)20)19(21)22-13-15-9-5-4-6-10-15/h4-12H,3,13H2,1-2H3. The molecular weight excluding hydrogens is 274 g/mol. The number of ether oxygens (including phenoxy) is 1. The van der Waals surface area contributed by atoms with Crippen LogP contribution in [0.3, 0.4) is 0 Å². The molecule has 0 fully saturated rings. The number of hydrogen-bond donors (Lipinski definition) is 0. The maximum Gasteiger partial charge on any atom is 0.340 e. The molecule has 0 aliphatic carbocycles. The summed E-state index contributed by atoms with van der Waals surface area (Å²) in [4.78, 5) is 12.5. The smallest absolute Gasteiger partial charge is 0.340 e. The summed E-state index contributed by atoms with van der Waals surface area (Å²) in [5.74, 6) is -0.259. The first-order chi connectivity index (χ1) is 10.7. The number of benzene rings is 2. The van der Waals surface area contributed by atoms with Crippen molar-refractivity contribution in [1.29, 1.82) is 0 Å². The highest BCUT2D eigenvalue weighted by Crippen LogP contribution is 2.26. The van der Waals surface area contributed by atoms with Crippen LogP contribution in [0.4, 0.5) is 0 Å². The van der Waals surface area contributed by atoms with Crippen LogP contribution in [-0.4, -0.2) is 10.5 Å². The van der Waals surface area contributed by atoms with Gasteiger partial charge in [0.15, 0.2) is 0 Å². The first-order valence-electron chi connectivity index (χ1n) is 7.51. The summed E-state index contributed by atoms with van der Waals surface area (Å²) in [6.45, 7) is 5.18. The van der Waals surface area contributed by atoms with Gasteiger partial charge in [0.2, 0.25) is 0 Å². The molecule has 3 aromatic rings. The van der Waals surface area contributed by atoms with Crippen molar-refractivity contribution in [2.75, 3.05) is 0 Å². The minimum absolute atomic E-state index is 0.259. The van der Waals surface area contributed by atoms with Gasteiger partial charge in [-0.3, -0.25) is 0 Å². The first kappa shape index (κ1) is 14.4. The molecule has 3 heteroatoms. The van der Waals surface area contributed by atoms with E-state index in [4.69, 9.17) is 4.74 Å². The van der Waals surface area contributed by atoms with Crippen LogP contribution in [-0.2, 0) is 17.9 Å². The van der Waals surface area contributed by atoms with Gasteiger partial charge in [0, 0.05) is 23.1 Å². The molecule has 1 aromatic heterocycles. The highest BCUT2D eigenvalue weighted by molar-refractivity contribution is 6.05. The van der Waals surface area contributed by atoms with E-state index in [0.717, 1.165) is 28.7 Å². The van der Waals surface area contributed by atoms with Crippen LogP contribution >= 0.6 is 0 Å². The van der Waals surface area contributed by atoms with Gasteiger partial charge in [-0.25, -0.2) is 4.79 Å². The van der Waals surface area contributed by atoms with E-state index in [-0.39, 0.29) is 5.97 Å². The van der Waals surface area contributed by atoms with Crippen LogP contribution < -0.4 is 0 Å². The predicted octanol–water partition coefficient (Wildman–Crippen LogP) is 4.33. The first-order valence-corrected chi connectivity index (χ1v) is 7.51. The Labute approximate surface area is 130 Å². The van der Waals surface area contributed by atoms with E-state index in [2.05, 4.69) is 11.5 Å². The molecule has 3 rings (SSSR count). The molecule has 0 N–H and O–H groups in total. The van der Waals surface area contributed by atoms with Gasteiger partial charge in [-0.15, -0.1) is 0 Å². The van der Waals surface area contributed by atoms with Crippen LogP contribution in [0, 0.1) is 6.92 Å². The van der Waals surface area contributed by atoms with Crippen molar-refractivity contribution in [2.24, 2.45) is 0 Å². The largest absolute Gasteiger partial charge is 0.457 e. The number of para-hydroxylation sites is 1. The Hall–Kier alpha value is -2.55. The maximum atomic E-state index is 12.5. The second-order valence-electron chi connectivity index (χ2n) is 5.28. The van der Waals surface area contributed by atoms with E-state index in [0.29, 0.717) is 12.2 Å². The maximum absolute atomic E-state index is 12.5. The zero-order valence-electron chi connectivity index (χ0n) is 12.9. The van der Waals surface area contributed by atoms with Gasteiger partial charge in [0.1, 0.15) is 6.61 Å². The Morgan fingerprint density at radius 3 is 2.45 bits per heavy atom. The Morgan fingerprint density at radius 1 is 1.05 bits per heavy atom. The highest BCUT2D eigenvalue weighted by atomic mass is 16.5. The summed E-state index contributed by atoms with van der Waals surface area (Å²) in [5, 5.41) is 0.958. The fourth-order valence-electron chi connectivity index (χ4n) is 2.89. The quantitative estimate of drug-likeness (QED) is 0.671. The summed E-state index contributed by atoms with van der Waals surface area (Å²) < 4.78 is 7.66. The fourth-order valence-corrected chi connectivity index (χ4v) is 2.89. The summed E-state index contributed by atoms with van der Waals surface area (Å²) in [6.07, 6.45) is 0. The van der Waals surface area contributed by atoms with Crippen LogP contribution in [0.2, 0.25) is 0 Å². The number of esters is 1. The van der Waals surface area contributed by atoms with Crippen molar-refractivity contribution < 1.29 is 9.53 Å². The van der Waals surface area contributed by atoms with Crippen molar-refractivity contribution >= 4 is 16.9 Å². The number of aromatic nitrogens is 1.